The molecule has 0 rings (SSSR count). The first-order valence-electron chi connectivity index (χ1n) is 48.1. The lowest BCUT2D eigenvalue weighted by molar-refractivity contribution is -0.161. The second-order valence-electron chi connectivity index (χ2n) is 31.7. The smallest absolute Gasteiger partial charge is 0.463 e. The van der Waals surface area contributed by atoms with Crippen molar-refractivity contribution >= 4 is 33.6 Å². The second-order valence-corrected chi connectivity index (χ2v) is 34.6. The van der Waals surface area contributed by atoms with Crippen LogP contribution in [-0.2, 0) is 55.8 Å². The van der Waals surface area contributed by atoms with Gasteiger partial charge in [0.25, 0.3) is 0 Å². The average molecular weight is 1730 g/mol. The van der Waals surface area contributed by atoms with Gasteiger partial charge >= 0.3 is 33.6 Å². The van der Waals surface area contributed by atoms with Crippen molar-refractivity contribution in [3.05, 3.63) is 182 Å². The summed E-state index contributed by atoms with van der Waals surface area (Å²) in [6.07, 6.45) is 124. The summed E-state index contributed by atoms with van der Waals surface area (Å²) in [4.78, 5) is 59.1. The van der Waals surface area contributed by atoms with Gasteiger partial charge in [-0.2, -0.15) is 0 Å². The standard InChI is InChI=1S/C103H174O16P2/c1-4-7-10-13-16-19-22-25-28-31-34-37-40-43-45-47-48-50-52-54-56-59-62-65-68-71-74-77-80-83-86-89-101(106)113-92-98(104)93-115-120(109,110)116-94-99(105)95-117-121(111,112)118-97-100(119-103(108)91-88-85-82-79-76-73-70-67-64-61-58-53-42-39-36-33-30-27-24-21-18-15-12-9-6-3)96-114-102(107)90-87-84-81-78-75-72-69-66-63-60-57-55-51-49-46-44-41-38-35-32-29-26-23-20-17-14-11-8-5-2/h7-12,16-21,25-30,34-39,43-46,53,58,98-100,104-105H,4-6,13-15,22-24,31-33,40-42,47-52,54-57,59-97H2,1-3H3,(H,109,110)(H,111,112)/b10-7-,11-8-,12-9-,19-16-,20-17-,21-18-,28-25-,29-26-,30-27-,37-34-,38-35-,39-36-,45-43-,46-44-,58-53-. The Hall–Kier alpha value is -5.35. The van der Waals surface area contributed by atoms with Crippen LogP contribution in [0.15, 0.2) is 182 Å². The van der Waals surface area contributed by atoms with Crippen molar-refractivity contribution in [3.8, 4) is 0 Å². The Morgan fingerprint density at radius 2 is 0.413 bits per heavy atom. The Bertz CT molecular complexity index is 2930. The number of esters is 3. The lowest BCUT2D eigenvalue weighted by Crippen LogP contribution is -2.30. The zero-order valence-electron chi connectivity index (χ0n) is 76.4. The molecule has 0 aliphatic rings. The van der Waals surface area contributed by atoms with Crippen molar-refractivity contribution in [1.29, 1.82) is 0 Å². The highest BCUT2D eigenvalue weighted by Crippen LogP contribution is 2.45. The molecule has 0 heterocycles. The van der Waals surface area contributed by atoms with Gasteiger partial charge in [0.2, 0.25) is 0 Å². The molecule has 16 nitrogen and oxygen atoms in total. The molecule has 692 valence electrons. The molecule has 18 heteroatoms. The molecule has 0 aliphatic carbocycles. The van der Waals surface area contributed by atoms with Crippen LogP contribution >= 0.6 is 15.6 Å². The van der Waals surface area contributed by atoms with E-state index in [2.05, 4.69) is 203 Å². The van der Waals surface area contributed by atoms with Crippen LogP contribution in [0.2, 0.25) is 0 Å². The Kier molecular flexibility index (Phi) is 89.6. The Labute approximate surface area is 738 Å². The number of aliphatic hydroxyl groups excluding tert-OH is 2. The number of carbonyl (C=O) groups excluding carboxylic acids is 3. The first-order chi connectivity index (χ1) is 59.2. The third kappa shape index (κ3) is 95.2. The first-order valence-corrected chi connectivity index (χ1v) is 51.1. The molecule has 0 bridgehead atoms. The molecule has 0 radical (unpaired) electrons. The van der Waals surface area contributed by atoms with Crippen molar-refractivity contribution in [2.75, 3.05) is 39.6 Å². The number of rotatable bonds is 90. The van der Waals surface area contributed by atoms with Gasteiger partial charge in [-0.15, -0.1) is 0 Å². The molecule has 0 amide bonds. The molecule has 0 fully saturated rings. The van der Waals surface area contributed by atoms with E-state index in [-0.39, 0.29) is 19.3 Å². The minimum atomic E-state index is -4.95. The molecule has 0 aromatic rings. The molecule has 4 N–H and O–H groups in total. The van der Waals surface area contributed by atoms with Crippen LogP contribution in [-0.4, -0.2) is 95.9 Å². The molecule has 0 saturated carbocycles. The number of hydrogen-bond donors (Lipinski definition) is 4. The van der Waals surface area contributed by atoms with Gasteiger partial charge in [0.15, 0.2) is 6.10 Å². The molecule has 0 aromatic heterocycles. The minimum absolute atomic E-state index is 0.0924. The number of hydrogen-bond acceptors (Lipinski definition) is 14. The van der Waals surface area contributed by atoms with E-state index in [0.29, 0.717) is 19.3 Å². The number of ether oxygens (including phenoxy) is 3. The first kappa shape index (κ1) is 116. The maximum atomic E-state index is 13.1. The maximum Gasteiger partial charge on any atom is 0.472 e. The highest BCUT2D eigenvalue weighted by atomic mass is 31.2. The third-order valence-electron chi connectivity index (χ3n) is 20.1. The van der Waals surface area contributed by atoms with Crippen LogP contribution in [0.1, 0.15) is 393 Å². The monoisotopic (exact) mass is 1730 g/mol. The lowest BCUT2D eigenvalue weighted by Gasteiger charge is -2.21. The Morgan fingerprint density at radius 3 is 0.653 bits per heavy atom. The molecular formula is C103H174O16P2. The average Bonchev–Trinajstić information content (AvgIpc) is 0.894. The molecular weight excluding hydrogens is 1560 g/mol. The van der Waals surface area contributed by atoms with E-state index in [1.807, 2.05) is 0 Å². The fourth-order valence-corrected chi connectivity index (χ4v) is 14.5. The van der Waals surface area contributed by atoms with E-state index in [1.165, 1.54) is 154 Å². The molecule has 0 saturated heterocycles. The van der Waals surface area contributed by atoms with Crippen molar-refractivity contribution in [3.63, 3.8) is 0 Å². The zero-order chi connectivity index (χ0) is 87.9. The van der Waals surface area contributed by atoms with Crippen LogP contribution < -0.4 is 0 Å². The van der Waals surface area contributed by atoms with Crippen LogP contribution in [0.3, 0.4) is 0 Å². The highest BCUT2D eigenvalue weighted by Gasteiger charge is 2.30. The predicted molar refractivity (Wildman–Crippen MR) is 509 cm³/mol. The number of phosphoric acid groups is 2. The van der Waals surface area contributed by atoms with Crippen molar-refractivity contribution in [1.82, 2.24) is 0 Å². The van der Waals surface area contributed by atoms with Gasteiger partial charge in [0.1, 0.15) is 25.4 Å². The number of aliphatic hydroxyl groups is 2. The quantitative estimate of drug-likeness (QED) is 0.0146. The summed E-state index contributed by atoms with van der Waals surface area (Å²) in [7, 11) is -9.82. The van der Waals surface area contributed by atoms with E-state index in [9.17, 15) is 43.5 Å². The van der Waals surface area contributed by atoms with Crippen LogP contribution in [0.25, 0.3) is 0 Å². The van der Waals surface area contributed by atoms with E-state index < -0.39 is 91.5 Å². The largest absolute Gasteiger partial charge is 0.472 e. The van der Waals surface area contributed by atoms with Gasteiger partial charge < -0.3 is 34.2 Å². The minimum Gasteiger partial charge on any atom is -0.463 e. The van der Waals surface area contributed by atoms with Crippen molar-refractivity contribution in [2.45, 2.75) is 411 Å². The number of phosphoric ester groups is 2. The highest BCUT2D eigenvalue weighted by molar-refractivity contribution is 7.47. The van der Waals surface area contributed by atoms with Crippen LogP contribution in [0.5, 0.6) is 0 Å². The Morgan fingerprint density at radius 1 is 0.231 bits per heavy atom. The van der Waals surface area contributed by atoms with E-state index in [1.54, 1.807) is 0 Å². The van der Waals surface area contributed by atoms with E-state index in [0.717, 1.165) is 180 Å². The summed E-state index contributed by atoms with van der Waals surface area (Å²) in [5.41, 5.74) is 0. The van der Waals surface area contributed by atoms with Gasteiger partial charge in [-0.05, 0) is 154 Å². The second kappa shape index (κ2) is 93.8. The summed E-state index contributed by atoms with van der Waals surface area (Å²) in [5.74, 6) is -1.57. The zero-order valence-corrected chi connectivity index (χ0v) is 78.2. The van der Waals surface area contributed by atoms with Crippen molar-refractivity contribution < 1.29 is 75.8 Å². The fourth-order valence-electron chi connectivity index (χ4n) is 12.9. The summed E-state index contributed by atoms with van der Waals surface area (Å²) in [6, 6.07) is 0. The fraction of sp³-hybridized carbons (Fsp3) is 0.680. The molecule has 121 heavy (non-hydrogen) atoms. The maximum absolute atomic E-state index is 13.1. The van der Waals surface area contributed by atoms with Gasteiger partial charge in [0, 0.05) is 19.3 Å². The molecule has 5 unspecified atom stereocenters. The van der Waals surface area contributed by atoms with Gasteiger partial charge in [0.05, 0.1) is 26.4 Å². The Balaban J connectivity index is 4.63. The van der Waals surface area contributed by atoms with Crippen molar-refractivity contribution in [2.24, 2.45) is 0 Å². The third-order valence-corrected chi connectivity index (χ3v) is 22.0. The van der Waals surface area contributed by atoms with Gasteiger partial charge in [-0.25, -0.2) is 9.13 Å². The number of allylic oxidation sites excluding steroid dienone is 30. The molecule has 5 atom stereocenters. The van der Waals surface area contributed by atoms with Crippen LogP contribution in [0.4, 0.5) is 0 Å². The molecule has 0 spiro atoms. The topological polar surface area (TPSA) is 231 Å². The lowest BCUT2D eigenvalue weighted by atomic mass is 10.0. The molecule has 0 aromatic carbocycles. The van der Waals surface area contributed by atoms with Gasteiger partial charge in [-0.1, -0.05) is 402 Å². The summed E-state index contributed by atoms with van der Waals surface area (Å²) >= 11 is 0. The summed E-state index contributed by atoms with van der Waals surface area (Å²) < 4.78 is 61.6. The number of unbranched alkanes of at least 4 members (excludes halogenated alkanes) is 37. The predicted octanol–water partition coefficient (Wildman–Crippen LogP) is 30.0. The summed E-state index contributed by atoms with van der Waals surface area (Å²) in [5, 5.41) is 20.8. The number of carbonyl (C=O) groups is 3. The van der Waals surface area contributed by atoms with Crippen LogP contribution in [0, 0.1) is 0 Å². The van der Waals surface area contributed by atoms with E-state index >= 15 is 0 Å². The van der Waals surface area contributed by atoms with Gasteiger partial charge in [-0.3, -0.25) is 32.5 Å². The van der Waals surface area contributed by atoms with E-state index in [4.69, 9.17) is 32.3 Å². The SMILES string of the molecule is CC/C=C\C/C=C\C/C=C\C/C=C\C/C=C\CCCCCCCCCCCCCCCCCC(=O)OCC(O)COP(=O)(O)OCC(O)COP(=O)(O)OCC(COC(=O)CCCCCCCCCCCCCCC/C=C\C/C=C\C/C=C\C/C=C\C/C=C\CC)OC(=O)CCCCCCCCCCC/C=C\C/C=C\C/C=C\C/C=C\C/C=C\CC. The summed E-state index contributed by atoms with van der Waals surface area (Å²) in [6.45, 7) is 2.39. The normalized spacial score (nSPS) is 14.5. The molecule has 0 aliphatic heterocycles.